The van der Waals surface area contributed by atoms with Gasteiger partial charge in [-0.1, -0.05) is 29.8 Å². The maximum absolute atomic E-state index is 13.2. The van der Waals surface area contributed by atoms with E-state index in [1.54, 1.807) is 0 Å². The molecule has 0 radical (unpaired) electrons. The van der Waals surface area contributed by atoms with Crippen LogP contribution < -0.4 is 10.6 Å². The van der Waals surface area contributed by atoms with Gasteiger partial charge in [-0.05, 0) is 50.8 Å². The quantitative estimate of drug-likeness (QED) is 0.856. The van der Waals surface area contributed by atoms with Crippen molar-refractivity contribution in [3.63, 3.8) is 0 Å². The van der Waals surface area contributed by atoms with Crippen molar-refractivity contribution in [1.29, 1.82) is 0 Å². The average molecular weight is 373 g/mol. The summed E-state index contributed by atoms with van der Waals surface area (Å²) in [5, 5.41) is 7.39. The van der Waals surface area contributed by atoms with Crippen molar-refractivity contribution in [3.05, 3.63) is 34.9 Å². The Hall–Kier alpha value is -0.810. The van der Waals surface area contributed by atoms with Crippen LogP contribution in [0.15, 0.2) is 24.3 Å². The Morgan fingerprint density at radius 2 is 2.04 bits per heavy atom. The van der Waals surface area contributed by atoms with Gasteiger partial charge in [0.2, 0.25) is 5.91 Å². The number of amides is 1. The zero-order chi connectivity index (χ0) is 16.3. The van der Waals surface area contributed by atoms with Crippen molar-refractivity contribution >= 4 is 29.9 Å². The molecule has 2 fully saturated rings. The highest BCUT2D eigenvalue weighted by molar-refractivity contribution is 6.31. The van der Waals surface area contributed by atoms with Gasteiger partial charge in [0.05, 0.1) is 5.41 Å². The van der Waals surface area contributed by atoms with Gasteiger partial charge in [-0.3, -0.25) is 4.79 Å². The molecular weight excluding hydrogens is 347 g/mol. The van der Waals surface area contributed by atoms with Gasteiger partial charge in [-0.2, -0.15) is 0 Å². The molecule has 134 valence electrons. The van der Waals surface area contributed by atoms with Crippen molar-refractivity contribution in [2.45, 2.75) is 50.1 Å². The number of piperidine rings is 1. The molecule has 2 N–H and O–H groups in total. The first kappa shape index (κ1) is 19.5. The second kappa shape index (κ2) is 8.52. The van der Waals surface area contributed by atoms with Gasteiger partial charge in [-0.15, -0.1) is 12.4 Å². The van der Waals surface area contributed by atoms with Crippen LogP contribution in [0.5, 0.6) is 0 Å². The normalized spacial score (nSPS) is 26.2. The van der Waals surface area contributed by atoms with Crippen molar-refractivity contribution < 1.29 is 9.53 Å². The molecule has 0 aromatic heterocycles. The lowest BCUT2D eigenvalue weighted by molar-refractivity contribution is -0.131. The van der Waals surface area contributed by atoms with Crippen LogP contribution in [0.25, 0.3) is 0 Å². The van der Waals surface area contributed by atoms with Gasteiger partial charge < -0.3 is 15.4 Å². The summed E-state index contributed by atoms with van der Waals surface area (Å²) < 4.78 is 5.51. The van der Waals surface area contributed by atoms with Gasteiger partial charge in [0.25, 0.3) is 0 Å². The Bertz CT molecular complexity index is 562. The molecule has 0 bridgehead atoms. The van der Waals surface area contributed by atoms with Crippen molar-refractivity contribution in [2.24, 2.45) is 0 Å². The first-order valence-corrected chi connectivity index (χ1v) is 8.88. The summed E-state index contributed by atoms with van der Waals surface area (Å²) in [6.07, 6.45) is 3.47. The summed E-state index contributed by atoms with van der Waals surface area (Å²) in [6, 6.07) is 8.19. The molecule has 2 saturated heterocycles. The van der Waals surface area contributed by atoms with Crippen LogP contribution in [0, 0.1) is 0 Å². The predicted molar refractivity (Wildman–Crippen MR) is 99.1 cm³/mol. The minimum atomic E-state index is -0.576. The predicted octanol–water partition coefficient (Wildman–Crippen LogP) is 3.07. The summed E-state index contributed by atoms with van der Waals surface area (Å²) in [4.78, 5) is 13.2. The van der Waals surface area contributed by atoms with Crippen molar-refractivity contribution in [1.82, 2.24) is 10.6 Å². The number of halogens is 2. The van der Waals surface area contributed by atoms with Crippen molar-refractivity contribution in [2.75, 3.05) is 19.8 Å². The molecule has 2 heterocycles. The second-order valence-electron chi connectivity index (χ2n) is 6.64. The molecule has 0 saturated carbocycles. The fourth-order valence-corrected chi connectivity index (χ4v) is 4.05. The third-order valence-corrected chi connectivity index (χ3v) is 5.58. The molecule has 2 unspecified atom stereocenters. The van der Waals surface area contributed by atoms with E-state index in [1.807, 2.05) is 24.3 Å². The van der Waals surface area contributed by atoms with E-state index >= 15 is 0 Å². The fourth-order valence-electron chi connectivity index (χ4n) is 3.74. The van der Waals surface area contributed by atoms with Crippen LogP contribution in [0.4, 0.5) is 0 Å². The van der Waals surface area contributed by atoms with E-state index in [0.717, 1.165) is 24.9 Å². The number of benzene rings is 1. The summed E-state index contributed by atoms with van der Waals surface area (Å²) >= 11 is 6.43. The number of hydrogen-bond donors (Lipinski definition) is 2. The van der Waals surface area contributed by atoms with E-state index in [2.05, 4.69) is 17.6 Å². The first-order chi connectivity index (χ1) is 11.1. The highest BCUT2D eigenvalue weighted by Crippen LogP contribution is 2.39. The molecule has 2 aliphatic heterocycles. The van der Waals surface area contributed by atoms with Gasteiger partial charge in [0, 0.05) is 30.3 Å². The Morgan fingerprint density at radius 1 is 1.33 bits per heavy atom. The Kier molecular flexibility index (Phi) is 6.93. The number of rotatable bonds is 3. The Balaban J connectivity index is 0.00000208. The lowest BCUT2D eigenvalue weighted by atomic mass is 9.73. The van der Waals surface area contributed by atoms with Gasteiger partial charge in [-0.25, -0.2) is 0 Å². The van der Waals surface area contributed by atoms with E-state index in [0.29, 0.717) is 37.1 Å². The summed E-state index contributed by atoms with van der Waals surface area (Å²) in [7, 11) is 0. The van der Waals surface area contributed by atoms with Crippen LogP contribution in [0.1, 0.15) is 38.2 Å². The molecule has 3 rings (SSSR count). The topological polar surface area (TPSA) is 50.4 Å². The van der Waals surface area contributed by atoms with Gasteiger partial charge >= 0.3 is 0 Å². The van der Waals surface area contributed by atoms with Crippen LogP contribution in [0.2, 0.25) is 5.02 Å². The van der Waals surface area contributed by atoms with Gasteiger partial charge in [0.1, 0.15) is 0 Å². The lowest BCUT2D eigenvalue weighted by Gasteiger charge is -2.39. The van der Waals surface area contributed by atoms with E-state index in [1.165, 1.54) is 0 Å². The molecule has 2 aliphatic rings. The molecule has 1 aromatic carbocycles. The number of carbonyl (C=O) groups excluding carboxylic acids is 1. The molecule has 0 spiro atoms. The van der Waals surface area contributed by atoms with Crippen LogP contribution in [0.3, 0.4) is 0 Å². The van der Waals surface area contributed by atoms with Crippen LogP contribution >= 0.6 is 24.0 Å². The third kappa shape index (κ3) is 3.88. The van der Waals surface area contributed by atoms with Crippen LogP contribution in [-0.2, 0) is 14.9 Å². The highest BCUT2D eigenvalue weighted by Gasteiger charge is 2.44. The maximum atomic E-state index is 13.2. The molecule has 0 aliphatic carbocycles. The minimum absolute atomic E-state index is 0. The summed E-state index contributed by atoms with van der Waals surface area (Å²) in [5.41, 5.74) is 0.354. The van der Waals surface area contributed by atoms with Gasteiger partial charge in [0.15, 0.2) is 0 Å². The molecule has 24 heavy (non-hydrogen) atoms. The molecule has 6 heteroatoms. The van der Waals surface area contributed by atoms with E-state index in [4.69, 9.17) is 16.3 Å². The largest absolute Gasteiger partial charge is 0.381 e. The molecule has 1 amide bonds. The fraction of sp³-hybridized carbons (Fsp3) is 0.611. The standard InChI is InChI=1S/C18H25ClN2O2.ClH/c1-13-16(7-4-10-20-13)21-17(22)18(8-11-23-12-9-18)14-5-2-3-6-15(14)19;/h2-3,5-6,13,16,20H,4,7-12H2,1H3,(H,21,22);1H. The SMILES string of the molecule is CC1NCCCC1NC(=O)C1(c2ccccc2Cl)CCOCC1.Cl. The Labute approximate surface area is 155 Å². The third-order valence-electron chi connectivity index (χ3n) is 5.25. The highest BCUT2D eigenvalue weighted by atomic mass is 35.5. The smallest absolute Gasteiger partial charge is 0.231 e. The molecular formula is C18H26Cl2N2O2. The zero-order valence-electron chi connectivity index (χ0n) is 14.0. The molecule has 4 nitrogen and oxygen atoms in total. The van der Waals surface area contributed by atoms with E-state index in [9.17, 15) is 4.79 Å². The number of nitrogens with one attached hydrogen (secondary N) is 2. The Morgan fingerprint density at radius 3 is 2.71 bits per heavy atom. The average Bonchev–Trinajstić information content (AvgIpc) is 2.58. The zero-order valence-corrected chi connectivity index (χ0v) is 15.6. The summed E-state index contributed by atoms with van der Waals surface area (Å²) in [6.45, 7) is 4.35. The first-order valence-electron chi connectivity index (χ1n) is 8.50. The van der Waals surface area contributed by atoms with Crippen LogP contribution in [-0.4, -0.2) is 37.7 Å². The van der Waals surface area contributed by atoms with E-state index in [-0.39, 0.29) is 24.4 Å². The van der Waals surface area contributed by atoms with E-state index < -0.39 is 5.41 Å². The minimum Gasteiger partial charge on any atom is -0.381 e. The number of ether oxygens (including phenoxy) is 1. The molecule has 1 aromatic rings. The maximum Gasteiger partial charge on any atom is 0.231 e. The number of carbonyl (C=O) groups is 1. The monoisotopic (exact) mass is 372 g/mol. The molecule has 2 atom stereocenters. The summed E-state index contributed by atoms with van der Waals surface area (Å²) in [5.74, 6) is 0.0921. The number of hydrogen-bond acceptors (Lipinski definition) is 3. The second-order valence-corrected chi connectivity index (χ2v) is 7.05. The lowest BCUT2D eigenvalue weighted by Crippen LogP contribution is -2.57. The van der Waals surface area contributed by atoms with Crippen molar-refractivity contribution in [3.8, 4) is 0 Å².